The minimum Gasteiger partial charge on any atom is -0.462 e. The number of nitrogens with two attached hydrogens (primary N) is 1. The van der Waals surface area contributed by atoms with Crippen molar-refractivity contribution in [2.24, 2.45) is 0 Å². The third kappa shape index (κ3) is 31.6. The van der Waals surface area contributed by atoms with Gasteiger partial charge in [-0.2, -0.15) is 9.29 Å². The van der Waals surface area contributed by atoms with E-state index in [0.29, 0.717) is 19.3 Å². The fourth-order valence-corrected chi connectivity index (χ4v) is 9.27. The third-order valence-corrected chi connectivity index (χ3v) is 13.7. The van der Waals surface area contributed by atoms with Gasteiger partial charge in [-0.1, -0.05) is 125 Å². The Hall–Kier alpha value is -3.58. The second-order valence-corrected chi connectivity index (χ2v) is 20.4. The van der Waals surface area contributed by atoms with E-state index in [1.54, 1.807) is 0 Å². The Morgan fingerprint density at radius 2 is 1.21 bits per heavy atom. The molecule has 2 rings (SSSR count). The molecular weight excluding hydrogens is 961 g/mol. The van der Waals surface area contributed by atoms with Crippen molar-refractivity contribution < 1.29 is 71.4 Å². The van der Waals surface area contributed by atoms with Gasteiger partial charge in [-0.15, -0.1) is 0 Å². The highest BCUT2D eigenvalue weighted by molar-refractivity contribution is 7.61. The first kappa shape index (κ1) is 63.5. The first-order chi connectivity index (χ1) is 34.2. The van der Waals surface area contributed by atoms with Gasteiger partial charge in [0.1, 0.15) is 30.7 Å². The number of phosphoric acid groups is 2. The summed E-state index contributed by atoms with van der Waals surface area (Å²) < 4.78 is 56.7. The SMILES string of the molecule is CCCCCC/C=C\CCCCCCCCCC(=O)O[C@H](COC(=O)CCC/C=C\C/C=C\C/C=C\C/C=C\CCCCCO)COP(=O)(O)OP(=O)(O)OC[C@H]1O[C@@H](n2ccc(N)nc2=O)[C@H](O)[C@@H]1O. The Morgan fingerprint density at radius 3 is 1.80 bits per heavy atom. The lowest BCUT2D eigenvalue weighted by Crippen LogP contribution is -2.36. The molecule has 0 aliphatic carbocycles. The summed E-state index contributed by atoms with van der Waals surface area (Å²) in [5.41, 5.74) is 4.58. The summed E-state index contributed by atoms with van der Waals surface area (Å²) in [6.07, 6.45) is 36.0. The summed E-state index contributed by atoms with van der Waals surface area (Å²) in [7, 11) is -10.9. The van der Waals surface area contributed by atoms with Crippen LogP contribution in [0.15, 0.2) is 77.8 Å². The van der Waals surface area contributed by atoms with Crippen LogP contribution in [0.2, 0.25) is 0 Å². The number of allylic oxidation sites excluding steroid dienone is 10. The number of hydrogen-bond donors (Lipinski definition) is 6. The molecular formula is C50H83N3O16P2. The molecule has 7 N–H and O–H groups in total. The summed E-state index contributed by atoms with van der Waals surface area (Å²) in [5.74, 6) is -1.39. The van der Waals surface area contributed by atoms with E-state index in [2.05, 4.69) is 64.8 Å². The minimum absolute atomic E-state index is 0.0260. The summed E-state index contributed by atoms with van der Waals surface area (Å²) >= 11 is 0. The molecule has 0 spiro atoms. The number of hydrogen-bond acceptors (Lipinski definition) is 16. The highest BCUT2D eigenvalue weighted by Crippen LogP contribution is 2.60. The van der Waals surface area contributed by atoms with Gasteiger partial charge >= 0.3 is 33.3 Å². The van der Waals surface area contributed by atoms with E-state index in [9.17, 15) is 43.5 Å². The van der Waals surface area contributed by atoms with Gasteiger partial charge in [0, 0.05) is 25.6 Å². The van der Waals surface area contributed by atoms with E-state index in [1.165, 1.54) is 31.7 Å². The third-order valence-electron chi connectivity index (χ3n) is 11.1. The van der Waals surface area contributed by atoms with E-state index < -0.39 is 83.7 Å². The lowest BCUT2D eigenvalue weighted by Gasteiger charge is -2.21. The van der Waals surface area contributed by atoms with E-state index in [1.807, 2.05) is 12.2 Å². The van der Waals surface area contributed by atoms with Crippen LogP contribution < -0.4 is 11.4 Å². The molecule has 7 atom stereocenters. The fourth-order valence-electron chi connectivity index (χ4n) is 7.16. The van der Waals surface area contributed by atoms with E-state index >= 15 is 0 Å². The first-order valence-corrected chi connectivity index (χ1v) is 28.4. The zero-order chi connectivity index (χ0) is 52.0. The van der Waals surface area contributed by atoms with Crippen LogP contribution in [0.1, 0.15) is 167 Å². The van der Waals surface area contributed by atoms with Crippen molar-refractivity contribution in [2.75, 3.05) is 32.2 Å². The lowest BCUT2D eigenvalue weighted by molar-refractivity contribution is -0.161. The zero-order valence-corrected chi connectivity index (χ0v) is 43.5. The molecule has 19 nitrogen and oxygen atoms in total. The van der Waals surface area contributed by atoms with E-state index in [4.69, 9.17) is 34.1 Å². The molecule has 1 aromatic heterocycles. The van der Waals surface area contributed by atoms with Crippen LogP contribution in [0.3, 0.4) is 0 Å². The summed E-state index contributed by atoms with van der Waals surface area (Å²) in [6.45, 7) is 0.0834. The van der Waals surface area contributed by atoms with Crippen LogP contribution in [0.4, 0.5) is 5.82 Å². The number of aliphatic hydroxyl groups is 3. The second-order valence-electron chi connectivity index (χ2n) is 17.4. The highest BCUT2D eigenvalue weighted by Gasteiger charge is 2.46. The molecule has 0 bridgehead atoms. The molecule has 71 heavy (non-hydrogen) atoms. The molecule has 1 aliphatic rings. The number of aromatic nitrogens is 2. The second kappa shape index (κ2) is 39.0. The van der Waals surface area contributed by atoms with Gasteiger partial charge in [0.05, 0.1) is 13.2 Å². The van der Waals surface area contributed by atoms with Crippen LogP contribution in [-0.4, -0.2) is 97.4 Å². The maximum atomic E-state index is 12.9. The van der Waals surface area contributed by atoms with Crippen molar-refractivity contribution in [3.05, 3.63) is 83.5 Å². The van der Waals surface area contributed by atoms with Crippen LogP contribution >= 0.6 is 15.6 Å². The van der Waals surface area contributed by atoms with Gasteiger partial charge in [-0.25, -0.2) is 13.9 Å². The van der Waals surface area contributed by atoms with Crippen molar-refractivity contribution in [1.29, 1.82) is 0 Å². The number of nitrogen functional groups attached to an aromatic ring is 1. The molecule has 0 amide bonds. The Labute approximate surface area is 420 Å². The maximum absolute atomic E-state index is 12.9. The van der Waals surface area contributed by atoms with Crippen molar-refractivity contribution in [3.8, 4) is 0 Å². The quantitative estimate of drug-likeness (QED) is 0.0154. The van der Waals surface area contributed by atoms with Crippen molar-refractivity contribution in [1.82, 2.24) is 9.55 Å². The molecule has 0 saturated carbocycles. The van der Waals surface area contributed by atoms with Crippen LogP contribution in [0.5, 0.6) is 0 Å². The largest absolute Gasteiger partial charge is 0.481 e. The Morgan fingerprint density at radius 1 is 0.704 bits per heavy atom. The van der Waals surface area contributed by atoms with E-state index in [-0.39, 0.29) is 25.3 Å². The molecule has 1 saturated heterocycles. The fraction of sp³-hybridized carbons (Fsp3) is 0.680. The van der Waals surface area contributed by atoms with Gasteiger partial charge in [-0.3, -0.25) is 23.2 Å². The molecule has 2 unspecified atom stereocenters. The Kier molecular flexibility index (Phi) is 34.9. The number of anilines is 1. The predicted octanol–water partition coefficient (Wildman–Crippen LogP) is 9.31. The van der Waals surface area contributed by atoms with Crippen LogP contribution in [0.25, 0.3) is 0 Å². The summed E-state index contributed by atoms with van der Waals surface area (Å²) in [5, 5.41) is 29.7. The highest BCUT2D eigenvalue weighted by atomic mass is 31.3. The molecule has 1 aromatic rings. The van der Waals surface area contributed by atoms with Gasteiger partial charge in [0.2, 0.25) is 0 Å². The molecule has 1 fully saturated rings. The predicted molar refractivity (Wildman–Crippen MR) is 272 cm³/mol. The molecule has 0 aromatic carbocycles. The topological polar surface area (TPSA) is 286 Å². The number of esters is 2. The normalized spacial score (nSPS) is 19.6. The Balaban J connectivity index is 1.82. The monoisotopic (exact) mass is 1040 g/mol. The van der Waals surface area contributed by atoms with Gasteiger partial charge in [0.15, 0.2) is 12.3 Å². The number of carbonyl (C=O) groups is 2. The smallest absolute Gasteiger partial charge is 0.462 e. The van der Waals surface area contributed by atoms with E-state index in [0.717, 1.165) is 107 Å². The molecule has 1 aliphatic heterocycles. The number of nitrogens with zero attached hydrogens (tertiary/aromatic N) is 2. The van der Waals surface area contributed by atoms with Gasteiger partial charge < -0.3 is 45.1 Å². The van der Waals surface area contributed by atoms with Crippen LogP contribution in [0, 0.1) is 0 Å². The first-order valence-electron chi connectivity index (χ1n) is 25.4. The lowest BCUT2D eigenvalue weighted by atomic mass is 10.1. The Bertz CT molecular complexity index is 1920. The summed E-state index contributed by atoms with van der Waals surface area (Å²) in [6, 6.07) is 1.24. The number of phosphoric ester groups is 2. The molecule has 2 heterocycles. The van der Waals surface area contributed by atoms with Crippen molar-refractivity contribution >= 4 is 33.4 Å². The number of aliphatic hydroxyl groups excluding tert-OH is 3. The average molecular weight is 1040 g/mol. The molecule has 0 radical (unpaired) electrons. The van der Waals surface area contributed by atoms with Crippen molar-refractivity contribution in [2.45, 2.75) is 192 Å². The number of unbranched alkanes of at least 4 members (excludes halogenated alkanes) is 15. The minimum atomic E-state index is -5.44. The standard InChI is InChI=1S/C50H83N3O16P2/c1-2-3-4-5-6-7-8-9-13-17-20-23-26-29-32-35-46(56)67-42(39-64-45(55)34-31-28-25-22-19-16-14-11-10-12-15-18-21-24-27-30-33-38-54)40-65-70(60,61)69-71(62,63)66-41-43-47(57)48(58)49(68-43)53-37-36-44(51)52-50(53)59/h7-8,10,12,14,16,18,21-22,25,36-37,42-43,47-49,54,57-58H,2-6,9,11,13,15,17,19-20,23-24,26-35,38-41H2,1H3,(H,60,61)(H,62,63)(H2,51,52,59)/b8-7-,12-10-,16-14-,21-18-,25-22-/t42-,43-,47-,48-,49-/m1/s1. The average Bonchev–Trinajstić information content (AvgIpc) is 3.61. The maximum Gasteiger partial charge on any atom is 0.481 e. The van der Waals surface area contributed by atoms with Crippen molar-refractivity contribution in [3.63, 3.8) is 0 Å². The number of rotatable bonds is 42. The van der Waals surface area contributed by atoms with Crippen LogP contribution in [-0.2, 0) is 46.3 Å². The molecule has 404 valence electrons. The number of carbonyl (C=O) groups excluding carboxylic acids is 2. The number of ether oxygens (including phenoxy) is 3. The summed E-state index contributed by atoms with van der Waals surface area (Å²) in [4.78, 5) is 61.9. The van der Waals surface area contributed by atoms with Gasteiger partial charge in [0.25, 0.3) is 0 Å². The molecule has 21 heteroatoms. The van der Waals surface area contributed by atoms with Gasteiger partial charge in [-0.05, 0) is 89.5 Å². The zero-order valence-electron chi connectivity index (χ0n) is 41.7.